The minimum atomic E-state index is -0.0765. The number of carbonyl (C=O) groups is 1. The molecule has 1 aliphatic carbocycles. The van der Waals surface area contributed by atoms with Gasteiger partial charge in [0.15, 0.2) is 0 Å². The van der Waals surface area contributed by atoms with E-state index in [-0.39, 0.29) is 24.5 Å². The number of aliphatic hydroxyl groups is 1. The Morgan fingerprint density at radius 2 is 1.84 bits per heavy atom. The molecule has 0 aliphatic heterocycles. The first-order valence-electron chi connectivity index (χ1n) is 6.48. The van der Waals surface area contributed by atoms with Crippen LogP contribution in [0.3, 0.4) is 0 Å². The Kier molecular flexibility index (Phi) is 5.42. The summed E-state index contributed by atoms with van der Waals surface area (Å²) in [4.78, 5) is 12.2. The van der Waals surface area contributed by atoms with E-state index < -0.39 is 0 Å². The van der Waals surface area contributed by atoms with Gasteiger partial charge in [0.25, 0.3) is 5.91 Å². The highest BCUT2D eigenvalue weighted by molar-refractivity contribution is 9.11. The van der Waals surface area contributed by atoms with E-state index in [0.717, 1.165) is 34.6 Å². The lowest BCUT2D eigenvalue weighted by Gasteiger charge is -2.30. The predicted octanol–water partition coefficient (Wildman–Crippen LogP) is 3.49. The molecule has 1 fully saturated rings. The largest absolute Gasteiger partial charge is 0.396 e. The van der Waals surface area contributed by atoms with Crippen molar-refractivity contribution >= 4 is 37.8 Å². The molecule has 0 heterocycles. The van der Waals surface area contributed by atoms with Gasteiger partial charge >= 0.3 is 0 Å². The van der Waals surface area contributed by atoms with Crippen LogP contribution in [-0.4, -0.2) is 23.7 Å². The Balaban J connectivity index is 2.07. The number of nitrogens with one attached hydrogen (secondary N) is 1. The highest BCUT2D eigenvalue weighted by atomic mass is 79.9. The summed E-state index contributed by atoms with van der Waals surface area (Å²) in [7, 11) is 0. The van der Waals surface area contributed by atoms with E-state index in [1.807, 2.05) is 6.07 Å². The van der Waals surface area contributed by atoms with Gasteiger partial charge in [-0.05, 0) is 31.0 Å². The van der Waals surface area contributed by atoms with Crippen molar-refractivity contribution in [1.29, 1.82) is 0 Å². The topological polar surface area (TPSA) is 49.3 Å². The molecular weight excluding hydrogens is 374 g/mol. The molecule has 2 N–H and O–H groups in total. The van der Waals surface area contributed by atoms with E-state index in [4.69, 9.17) is 0 Å². The Hall–Kier alpha value is -0.390. The van der Waals surface area contributed by atoms with Crippen LogP contribution in [0, 0.1) is 5.92 Å². The van der Waals surface area contributed by atoms with Crippen molar-refractivity contribution in [1.82, 2.24) is 5.32 Å². The summed E-state index contributed by atoms with van der Waals surface area (Å²) in [5.74, 6) is 0.112. The molecule has 0 bridgehead atoms. The summed E-state index contributed by atoms with van der Waals surface area (Å²) in [6.07, 6.45) is 4.19. The number of hydrogen-bond donors (Lipinski definition) is 2. The highest BCUT2D eigenvalue weighted by Crippen LogP contribution is 2.25. The molecule has 1 aliphatic rings. The summed E-state index contributed by atoms with van der Waals surface area (Å²) in [6.45, 7) is 0.146. The Morgan fingerprint density at radius 1 is 1.21 bits per heavy atom. The van der Waals surface area contributed by atoms with Crippen LogP contribution < -0.4 is 5.32 Å². The fraction of sp³-hybridized carbons (Fsp3) is 0.500. The van der Waals surface area contributed by atoms with Gasteiger partial charge in [-0.15, -0.1) is 0 Å². The molecule has 0 saturated heterocycles. The summed E-state index contributed by atoms with van der Waals surface area (Å²) >= 11 is 6.76. The van der Waals surface area contributed by atoms with E-state index in [1.165, 1.54) is 0 Å². The first kappa shape index (κ1) is 15.0. The molecule has 3 nitrogen and oxygen atoms in total. The average Bonchev–Trinajstić information content (AvgIpc) is 2.38. The molecule has 5 heteroatoms. The maximum atomic E-state index is 12.2. The van der Waals surface area contributed by atoms with E-state index in [2.05, 4.69) is 37.2 Å². The maximum Gasteiger partial charge on any atom is 0.251 e. The second kappa shape index (κ2) is 6.86. The number of rotatable bonds is 3. The number of amides is 1. The van der Waals surface area contributed by atoms with Gasteiger partial charge in [-0.2, -0.15) is 0 Å². The smallest absolute Gasteiger partial charge is 0.251 e. The molecule has 1 amide bonds. The zero-order valence-corrected chi connectivity index (χ0v) is 13.7. The Morgan fingerprint density at radius 3 is 2.47 bits per heavy atom. The molecule has 2 atom stereocenters. The third-order valence-corrected chi connectivity index (χ3v) is 4.50. The number of hydrogen-bond acceptors (Lipinski definition) is 2. The number of halogens is 2. The normalized spacial score (nSPS) is 23.1. The zero-order chi connectivity index (χ0) is 13.8. The van der Waals surface area contributed by atoms with Gasteiger partial charge in [0, 0.05) is 33.1 Å². The summed E-state index contributed by atoms with van der Waals surface area (Å²) in [5, 5.41) is 12.4. The Bertz CT molecular complexity index is 445. The molecule has 1 aromatic rings. The lowest BCUT2D eigenvalue weighted by molar-refractivity contribution is 0.0872. The maximum absolute atomic E-state index is 12.2. The second-order valence-electron chi connectivity index (χ2n) is 4.97. The zero-order valence-electron chi connectivity index (χ0n) is 10.5. The number of benzene rings is 1. The second-order valence-corrected chi connectivity index (χ2v) is 6.80. The molecule has 2 unspecified atom stereocenters. The molecular formula is C14H17Br2NO2. The van der Waals surface area contributed by atoms with Crippen molar-refractivity contribution < 1.29 is 9.90 Å². The van der Waals surface area contributed by atoms with Gasteiger partial charge < -0.3 is 10.4 Å². The van der Waals surface area contributed by atoms with Crippen LogP contribution >= 0.6 is 31.9 Å². The summed E-state index contributed by atoms with van der Waals surface area (Å²) in [6, 6.07) is 5.59. The van der Waals surface area contributed by atoms with Crippen LogP contribution in [0.4, 0.5) is 0 Å². The minimum absolute atomic E-state index is 0.0765. The molecule has 1 aromatic carbocycles. The SMILES string of the molecule is O=C(NC1CCCCC1CO)c1cc(Br)cc(Br)c1. The average molecular weight is 391 g/mol. The van der Waals surface area contributed by atoms with Crippen molar-refractivity contribution in [2.45, 2.75) is 31.7 Å². The third-order valence-electron chi connectivity index (χ3n) is 3.58. The van der Waals surface area contributed by atoms with Crippen LogP contribution in [0.1, 0.15) is 36.0 Å². The van der Waals surface area contributed by atoms with Crippen molar-refractivity contribution in [3.8, 4) is 0 Å². The quantitative estimate of drug-likeness (QED) is 0.829. The number of aliphatic hydroxyl groups excluding tert-OH is 1. The van der Waals surface area contributed by atoms with Crippen LogP contribution in [0.5, 0.6) is 0 Å². The molecule has 0 spiro atoms. The first-order chi connectivity index (χ1) is 9.10. The predicted molar refractivity (Wildman–Crippen MR) is 82.1 cm³/mol. The van der Waals surface area contributed by atoms with E-state index in [9.17, 15) is 9.90 Å². The van der Waals surface area contributed by atoms with Gasteiger partial charge in [0.05, 0.1) is 0 Å². The lowest BCUT2D eigenvalue weighted by Crippen LogP contribution is -2.43. The summed E-state index contributed by atoms with van der Waals surface area (Å²) < 4.78 is 1.74. The van der Waals surface area contributed by atoms with Gasteiger partial charge in [0.1, 0.15) is 0 Å². The standard InChI is InChI=1S/C14H17Br2NO2/c15-11-5-10(6-12(16)7-11)14(19)17-13-4-2-1-3-9(13)8-18/h5-7,9,13,18H,1-4,8H2,(H,17,19). The molecule has 0 aromatic heterocycles. The third kappa shape index (κ3) is 4.04. The molecule has 0 radical (unpaired) electrons. The van der Waals surface area contributed by atoms with Crippen LogP contribution in [-0.2, 0) is 0 Å². The van der Waals surface area contributed by atoms with Crippen LogP contribution in [0.2, 0.25) is 0 Å². The molecule has 2 rings (SSSR count). The molecule has 104 valence electrons. The number of carbonyl (C=O) groups excluding carboxylic acids is 1. The van der Waals surface area contributed by atoms with Gasteiger partial charge in [-0.1, -0.05) is 44.7 Å². The van der Waals surface area contributed by atoms with Crippen LogP contribution in [0.25, 0.3) is 0 Å². The first-order valence-corrected chi connectivity index (χ1v) is 8.06. The van der Waals surface area contributed by atoms with Crippen molar-refractivity contribution in [2.24, 2.45) is 5.92 Å². The lowest BCUT2D eigenvalue weighted by atomic mass is 9.85. The minimum Gasteiger partial charge on any atom is -0.396 e. The molecule has 19 heavy (non-hydrogen) atoms. The fourth-order valence-electron chi connectivity index (χ4n) is 2.55. The van der Waals surface area contributed by atoms with Gasteiger partial charge in [-0.3, -0.25) is 4.79 Å². The summed E-state index contributed by atoms with van der Waals surface area (Å²) in [5.41, 5.74) is 0.628. The van der Waals surface area contributed by atoms with Crippen molar-refractivity contribution in [2.75, 3.05) is 6.61 Å². The van der Waals surface area contributed by atoms with Gasteiger partial charge in [0.2, 0.25) is 0 Å². The van der Waals surface area contributed by atoms with E-state index >= 15 is 0 Å². The van der Waals surface area contributed by atoms with Gasteiger partial charge in [-0.25, -0.2) is 0 Å². The van der Waals surface area contributed by atoms with E-state index in [0.29, 0.717) is 5.56 Å². The fourth-order valence-corrected chi connectivity index (χ4v) is 3.85. The van der Waals surface area contributed by atoms with Crippen LogP contribution in [0.15, 0.2) is 27.1 Å². The molecule has 1 saturated carbocycles. The highest BCUT2D eigenvalue weighted by Gasteiger charge is 2.26. The van der Waals surface area contributed by atoms with E-state index in [1.54, 1.807) is 12.1 Å². The monoisotopic (exact) mass is 389 g/mol. The Labute approximate surface area is 130 Å². The van der Waals surface area contributed by atoms with Crippen molar-refractivity contribution in [3.05, 3.63) is 32.7 Å². The van der Waals surface area contributed by atoms with Crippen molar-refractivity contribution in [3.63, 3.8) is 0 Å².